The van der Waals surface area contributed by atoms with Crippen LogP contribution in [0.5, 0.6) is 0 Å². The van der Waals surface area contributed by atoms with E-state index in [1.54, 1.807) is 0 Å². The molecular formula is C12H18O2. The molecule has 2 nitrogen and oxygen atoms in total. The van der Waals surface area contributed by atoms with E-state index in [0.29, 0.717) is 5.92 Å². The summed E-state index contributed by atoms with van der Waals surface area (Å²) in [6.07, 6.45) is 3.44. The molecule has 0 aromatic heterocycles. The average Bonchev–Trinajstić information content (AvgIpc) is 2.59. The number of rotatable bonds is 0. The number of esters is 1. The lowest BCUT2D eigenvalue weighted by atomic mass is 9.66. The Morgan fingerprint density at radius 2 is 2.07 bits per heavy atom. The molecule has 0 radical (unpaired) electrons. The first-order valence-electron chi connectivity index (χ1n) is 5.67. The lowest BCUT2D eigenvalue weighted by Crippen LogP contribution is -2.46. The van der Waals surface area contributed by atoms with Gasteiger partial charge in [0, 0.05) is 11.3 Å². The van der Waals surface area contributed by atoms with Crippen LogP contribution in [0.3, 0.4) is 0 Å². The zero-order valence-corrected chi connectivity index (χ0v) is 9.17. The van der Waals surface area contributed by atoms with Crippen LogP contribution in [-0.2, 0) is 9.53 Å². The van der Waals surface area contributed by atoms with Gasteiger partial charge in [-0.3, -0.25) is 4.79 Å². The Kier molecular flexibility index (Phi) is 1.36. The second-order valence-corrected chi connectivity index (χ2v) is 6.32. The van der Waals surface area contributed by atoms with Gasteiger partial charge >= 0.3 is 5.97 Å². The first kappa shape index (κ1) is 8.75. The van der Waals surface area contributed by atoms with Gasteiger partial charge < -0.3 is 4.74 Å². The molecule has 3 aliphatic rings. The molecule has 1 saturated heterocycles. The Labute approximate surface area is 85.0 Å². The fraction of sp³-hybridized carbons (Fsp3) is 0.917. The van der Waals surface area contributed by atoms with Crippen LogP contribution in [0.15, 0.2) is 0 Å². The Bertz CT molecular complexity index is 302. The molecule has 4 unspecified atom stereocenters. The topological polar surface area (TPSA) is 26.3 Å². The number of fused-ring (bicyclic) bond motifs is 1. The number of hydrogen-bond acceptors (Lipinski definition) is 2. The zero-order valence-electron chi connectivity index (χ0n) is 9.17. The highest BCUT2D eigenvalue weighted by atomic mass is 16.6. The molecule has 1 heterocycles. The second kappa shape index (κ2) is 2.17. The molecule has 2 bridgehead atoms. The molecule has 4 atom stereocenters. The van der Waals surface area contributed by atoms with Crippen molar-refractivity contribution in [1.29, 1.82) is 0 Å². The van der Waals surface area contributed by atoms with Crippen molar-refractivity contribution in [3.63, 3.8) is 0 Å². The minimum Gasteiger partial charge on any atom is -0.458 e. The van der Waals surface area contributed by atoms with Crippen molar-refractivity contribution in [2.75, 3.05) is 0 Å². The lowest BCUT2D eigenvalue weighted by Gasteiger charge is -2.42. The summed E-state index contributed by atoms with van der Waals surface area (Å²) in [5, 5.41) is 0. The van der Waals surface area contributed by atoms with Crippen LogP contribution < -0.4 is 0 Å². The molecule has 3 rings (SSSR count). The van der Waals surface area contributed by atoms with Gasteiger partial charge in [-0.15, -0.1) is 0 Å². The van der Waals surface area contributed by atoms with E-state index in [4.69, 9.17) is 4.74 Å². The highest BCUT2D eigenvalue weighted by molar-refractivity contribution is 5.77. The number of ether oxygens (including phenoxy) is 1. The van der Waals surface area contributed by atoms with E-state index in [9.17, 15) is 4.79 Å². The van der Waals surface area contributed by atoms with E-state index in [1.807, 2.05) is 0 Å². The molecule has 14 heavy (non-hydrogen) atoms. The van der Waals surface area contributed by atoms with E-state index >= 15 is 0 Å². The molecule has 0 spiro atoms. The monoisotopic (exact) mass is 194 g/mol. The first-order chi connectivity index (χ1) is 6.44. The van der Waals surface area contributed by atoms with Gasteiger partial charge in [-0.2, -0.15) is 0 Å². The normalized spacial score (nSPS) is 49.9. The van der Waals surface area contributed by atoms with Gasteiger partial charge in [0.2, 0.25) is 0 Å². The third kappa shape index (κ3) is 0.768. The minimum absolute atomic E-state index is 0.0879. The summed E-state index contributed by atoms with van der Waals surface area (Å²) in [4.78, 5) is 11.7. The van der Waals surface area contributed by atoms with Gasteiger partial charge in [0.1, 0.15) is 5.60 Å². The number of carbonyl (C=O) groups excluding carboxylic acids is 1. The summed E-state index contributed by atoms with van der Waals surface area (Å²) >= 11 is 0. The van der Waals surface area contributed by atoms with Crippen molar-refractivity contribution in [2.45, 2.75) is 45.6 Å². The van der Waals surface area contributed by atoms with Crippen LogP contribution >= 0.6 is 0 Å². The van der Waals surface area contributed by atoms with Crippen molar-refractivity contribution in [1.82, 2.24) is 0 Å². The van der Waals surface area contributed by atoms with Crippen LogP contribution in [0, 0.1) is 23.2 Å². The molecule has 0 N–H and O–H groups in total. The number of carbonyl (C=O) groups is 1. The third-order valence-corrected chi connectivity index (χ3v) is 4.71. The first-order valence-corrected chi connectivity index (χ1v) is 5.67. The molecule has 2 saturated carbocycles. The predicted molar refractivity (Wildman–Crippen MR) is 52.6 cm³/mol. The SMILES string of the molecule is CC(C)(C)C12CC3CC(C(=O)O1)C2C3. The third-order valence-electron chi connectivity index (χ3n) is 4.71. The molecule has 0 amide bonds. The maximum Gasteiger partial charge on any atom is 0.309 e. The Morgan fingerprint density at radius 3 is 2.57 bits per heavy atom. The van der Waals surface area contributed by atoms with Crippen molar-refractivity contribution >= 4 is 5.97 Å². The minimum atomic E-state index is -0.113. The Morgan fingerprint density at radius 1 is 1.36 bits per heavy atom. The number of hydrogen-bond donors (Lipinski definition) is 0. The molecule has 0 aromatic rings. The fourth-order valence-electron chi connectivity index (χ4n) is 4.05. The van der Waals surface area contributed by atoms with E-state index in [1.165, 1.54) is 6.42 Å². The van der Waals surface area contributed by atoms with Gasteiger partial charge in [0.15, 0.2) is 0 Å². The standard InChI is InChI=1S/C12H18O2/c1-11(2,3)12-6-7-4-8(9(12)5-7)10(13)14-12/h7-9H,4-6H2,1-3H3. The second-order valence-electron chi connectivity index (χ2n) is 6.32. The molecule has 0 aromatic carbocycles. The zero-order chi connectivity index (χ0) is 10.1. The van der Waals surface area contributed by atoms with Crippen molar-refractivity contribution in [3.8, 4) is 0 Å². The summed E-state index contributed by atoms with van der Waals surface area (Å²) in [6, 6.07) is 0. The molecule has 3 fully saturated rings. The average molecular weight is 194 g/mol. The van der Waals surface area contributed by atoms with Crippen LogP contribution in [0.2, 0.25) is 0 Å². The molecule has 78 valence electrons. The largest absolute Gasteiger partial charge is 0.458 e. The highest BCUT2D eigenvalue weighted by Gasteiger charge is 2.69. The maximum absolute atomic E-state index is 11.7. The van der Waals surface area contributed by atoms with E-state index < -0.39 is 0 Å². The van der Waals surface area contributed by atoms with Gasteiger partial charge in [-0.1, -0.05) is 20.8 Å². The summed E-state index contributed by atoms with van der Waals surface area (Å²) in [5.41, 5.74) is -0.00505. The van der Waals surface area contributed by atoms with Gasteiger partial charge in [-0.05, 0) is 25.2 Å². The Balaban J connectivity index is 2.07. The van der Waals surface area contributed by atoms with Crippen LogP contribution in [0.1, 0.15) is 40.0 Å². The van der Waals surface area contributed by atoms with E-state index in [2.05, 4.69) is 20.8 Å². The molecule has 2 heteroatoms. The fourth-order valence-corrected chi connectivity index (χ4v) is 4.05. The summed E-state index contributed by atoms with van der Waals surface area (Å²) in [6.45, 7) is 6.64. The van der Waals surface area contributed by atoms with Crippen molar-refractivity contribution in [2.24, 2.45) is 23.2 Å². The Hall–Kier alpha value is -0.530. The quantitative estimate of drug-likeness (QED) is 0.553. The van der Waals surface area contributed by atoms with Crippen molar-refractivity contribution < 1.29 is 9.53 Å². The maximum atomic E-state index is 11.7. The highest BCUT2D eigenvalue weighted by Crippen LogP contribution is 2.65. The molecule has 1 aliphatic heterocycles. The van der Waals surface area contributed by atoms with E-state index in [0.717, 1.165) is 18.8 Å². The van der Waals surface area contributed by atoms with Crippen LogP contribution in [0.4, 0.5) is 0 Å². The summed E-state index contributed by atoms with van der Waals surface area (Å²) < 4.78 is 5.75. The van der Waals surface area contributed by atoms with Gasteiger partial charge in [0.05, 0.1) is 5.92 Å². The van der Waals surface area contributed by atoms with E-state index in [-0.39, 0.29) is 22.9 Å². The smallest absolute Gasteiger partial charge is 0.309 e. The predicted octanol–water partition coefficient (Wildman–Crippen LogP) is 2.37. The van der Waals surface area contributed by atoms with Gasteiger partial charge in [0.25, 0.3) is 0 Å². The summed E-state index contributed by atoms with van der Waals surface area (Å²) in [7, 11) is 0. The van der Waals surface area contributed by atoms with Crippen LogP contribution in [0.25, 0.3) is 0 Å². The summed E-state index contributed by atoms with van der Waals surface area (Å²) in [5.74, 6) is 1.62. The molecule has 2 aliphatic carbocycles. The molecular weight excluding hydrogens is 176 g/mol. The van der Waals surface area contributed by atoms with Crippen LogP contribution in [-0.4, -0.2) is 11.6 Å². The lowest BCUT2D eigenvalue weighted by molar-refractivity contribution is -0.159. The van der Waals surface area contributed by atoms with Gasteiger partial charge in [-0.25, -0.2) is 0 Å². The van der Waals surface area contributed by atoms with Crippen molar-refractivity contribution in [3.05, 3.63) is 0 Å².